The summed E-state index contributed by atoms with van der Waals surface area (Å²) in [4.78, 5) is 2.26. The highest BCUT2D eigenvalue weighted by Crippen LogP contribution is 1.87. The van der Waals surface area contributed by atoms with Gasteiger partial charge in [-0.15, -0.1) is 0 Å². The summed E-state index contributed by atoms with van der Waals surface area (Å²) in [5, 5.41) is 8.53. The van der Waals surface area contributed by atoms with E-state index in [-0.39, 0.29) is 6.61 Å². The summed E-state index contributed by atoms with van der Waals surface area (Å²) in [6.45, 7) is 8.63. The first-order valence-electron chi connectivity index (χ1n) is 5.71. The van der Waals surface area contributed by atoms with Crippen LogP contribution in [0.3, 0.4) is 0 Å². The smallest absolute Gasteiger partial charge is 0.107 e. The van der Waals surface area contributed by atoms with Crippen molar-refractivity contribution in [3.8, 4) is 11.8 Å². The molecule has 88 valence electrons. The highest BCUT2D eigenvalue weighted by Gasteiger charge is 1.92. The van der Waals surface area contributed by atoms with Crippen LogP contribution in [0.1, 0.15) is 26.7 Å². The lowest BCUT2D eigenvalue weighted by Gasteiger charge is -2.13. The van der Waals surface area contributed by atoms with Gasteiger partial charge in [0.05, 0.1) is 6.54 Å². The molecule has 0 saturated heterocycles. The summed E-state index contributed by atoms with van der Waals surface area (Å²) in [7, 11) is 0. The lowest BCUT2D eigenvalue weighted by Crippen LogP contribution is -2.22. The van der Waals surface area contributed by atoms with E-state index in [1.807, 2.05) is 0 Å². The van der Waals surface area contributed by atoms with Crippen LogP contribution in [0.2, 0.25) is 0 Å². The predicted molar refractivity (Wildman–Crippen MR) is 62.7 cm³/mol. The highest BCUT2D eigenvalue weighted by molar-refractivity contribution is 5.01. The van der Waals surface area contributed by atoms with Gasteiger partial charge in [0, 0.05) is 13.2 Å². The highest BCUT2D eigenvalue weighted by atomic mass is 16.5. The Hall–Kier alpha value is -0.560. The molecule has 1 N–H and O–H groups in total. The van der Waals surface area contributed by atoms with Crippen molar-refractivity contribution in [2.75, 3.05) is 39.5 Å². The first-order valence-corrected chi connectivity index (χ1v) is 5.71. The number of unbranched alkanes of at least 4 members (excludes halogenated alkanes) is 1. The molecule has 0 aliphatic carbocycles. The van der Waals surface area contributed by atoms with Crippen LogP contribution in [0.4, 0.5) is 0 Å². The molecule has 0 saturated carbocycles. The molecule has 0 atom stereocenters. The molecule has 0 fully saturated rings. The quantitative estimate of drug-likeness (QED) is 0.484. The second-order valence-electron chi connectivity index (χ2n) is 3.30. The molecule has 0 aromatic heterocycles. The van der Waals surface area contributed by atoms with Crippen LogP contribution in [0, 0.1) is 11.8 Å². The molecule has 0 aromatic rings. The van der Waals surface area contributed by atoms with Gasteiger partial charge in [-0.25, -0.2) is 0 Å². The van der Waals surface area contributed by atoms with Crippen molar-refractivity contribution in [3.05, 3.63) is 0 Å². The lowest BCUT2D eigenvalue weighted by molar-refractivity contribution is 0.154. The van der Waals surface area contributed by atoms with Crippen LogP contribution in [0.25, 0.3) is 0 Å². The van der Waals surface area contributed by atoms with Gasteiger partial charge in [-0.1, -0.05) is 25.7 Å². The van der Waals surface area contributed by atoms with Gasteiger partial charge in [0.1, 0.15) is 6.61 Å². The van der Waals surface area contributed by atoms with Crippen molar-refractivity contribution in [2.24, 2.45) is 0 Å². The largest absolute Gasteiger partial charge is 0.396 e. The third-order valence-corrected chi connectivity index (χ3v) is 2.19. The minimum Gasteiger partial charge on any atom is -0.396 e. The van der Waals surface area contributed by atoms with Crippen molar-refractivity contribution in [1.82, 2.24) is 4.90 Å². The van der Waals surface area contributed by atoms with E-state index in [2.05, 4.69) is 30.6 Å². The minimum absolute atomic E-state index is 0.247. The second kappa shape index (κ2) is 11.5. The summed E-state index contributed by atoms with van der Waals surface area (Å²) >= 11 is 0. The zero-order chi connectivity index (χ0) is 11.4. The monoisotopic (exact) mass is 213 g/mol. The number of aliphatic hydroxyl groups excluding tert-OH is 1. The summed E-state index contributed by atoms with van der Waals surface area (Å²) in [5.74, 6) is 6.06. The molecule has 0 spiro atoms. The Bertz CT molecular complexity index is 180. The van der Waals surface area contributed by atoms with E-state index in [9.17, 15) is 0 Å². The van der Waals surface area contributed by atoms with Gasteiger partial charge in [-0.3, -0.25) is 4.90 Å². The molecule has 15 heavy (non-hydrogen) atoms. The van der Waals surface area contributed by atoms with Crippen LogP contribution in [0.15, 0.2) is 0 Å². The Kier molecular flexibility index (Phi) is 11.1. The molecule has 0 bridgehead atoms. The predicted octanol–water partition coefficient (Wildman–Crippen LogP) is 1.12. The van der Waals surface area contributed by atoms with E-state index < -0.39 is 0 Å². The molecular weight excluding hydrogens is 190 g/mol. The normalized spacial score (nSPS) is 10.1. The van der Waals surface area contributed by atoms with Crippen LogP contribution in [-0.4, -0.2) is 49.5 Å². The fourth-order valence-corrected chi connectivity index (χ4v) is 1.11. The fraction of sp³-hybridized carbons (Fsp3) is 0.833. The van der Waals surface area contributed by atoms with Gasteiger partial charge in [0.25, 0.3) is 0 Å². The first kappa shape index (κ1) is 14.4. The average Bonchev–Trinajstić information content (AvgIpc) is 2.27. The Morgan fingerprint density at radius 2 is 1.87 bits per heavy atom. The summed E-state index contributed by atoms with van der Waals surface area (Å²) in [6.07, 6.45) is 1.72. The fourth-order valence-electron chi connectivity index (χ4n) is 1.11. The molecule has 0 amide bonds. The number of ether oxygens (including phenoxy) is 1. The number of hydrogen-bond acceptors (Lipinski definition) is 3. The third-order valence-electron chi connectivity index (χ3n) is 2.19. The van der Waals surface area contributed by atoms with Crippen molar-refractivity contribution in [2.45, 2.75) is 26.7 Å². The molecule has 0 aliphatic heterocycles. The maximum absolute atomic E-state index is 8.53. The Morgan fingerprint density at radius 1 is 1.13 bits per heavy atom. The van der Waals surface area contributed by atoms with Crippen molar-refractivity contribution in [1.29, 1.82) is 0 Å². The van der Waals surface area contributed by atoms with Gasteiger partial charge in [0.15, 0.2) is 0 Å². The molecular formula is C12H23NO2. The molecule has 0 aliphatic rings. The lowest BCUT2D eigenvalue weighted by atomic mass is 10.3. The van der Waals surface area contributed by atoms with Gasteiger partial charge in [0.2, 0.25) is 0 Å². The first-order chi connectivity index (χ1) is 7.35. The molecule has 0 radical (unpaired) electrons. The summed E-state index contributed by atoms with van der Waals surface area (Å²) < 4.78 is 5.28. The van der Waals surface area contributed by atoms with Crippen molar-refractivity contribution in [3.63, 3.8) is 0 Å². The zero-order valence-corrected chi connectivity index (χ0v) is 9.96. The number of hydrogen-bond donors (Lipinski definition) is 1. The molecule has 3 nitrogen and oxygen atoms in total. The van der Waals surface area contributed by atoms with Crippen molar-refractivity contribution >= 4 is 0 Å². The van der Waals surface area contributed by atoms with Crippen LogP contribution < -0.4 is 0 Å². The Labute approximate surface area is 93.4 Å². The van der Waals surface area contributed by atoms with Gasteiger partial charge in [-0.2, -0.15) is 0 Å². The second-order valence-corrected chi connectivity index (χ2v) is 3.30. The standard InChI is InChI=1S/C12H23NO2/c1-3-13(4-2)9-5-7-11-15-12-8-6-10-14/h14H,3-4,6,8-12H2,1-2H3. The van der Waals surface area contributed by atoms with E-state index in [1.165, 1.54) is 0 Å². The number of rotatable bonds is 8. The zero-order valence-electron chi connectivity index (χ0n) is 9.96. The average molecular weight is 213 g/mol. The molecule has 0 heterocycles. The van der Waals surface area contributed by atoms with Gasteiger partial charge < -0.3 is 9.84 Å². The SMILES string of the molecule is CCN(CC)CC#CCOCCCCO. The molecule has 3 heteroatoms. The molecule has 0 unspecified atom stereocenters. The van der Waals surface area contributed by atoms with Gasteiger partial charge in [-0.05, 0) is 25.9 Å². The summed E-state index contributed by atoms with van der Waals surface area (Å²) in [5.41, 5.74) is 0. The third kappa shape index (κ3) is 9.74. The van der Waals surface area contributed by atoms with E-state index in [1.54, 1.807) is 0 Å². The van der Waals surface area contributed by atoms with E-state index in [4.69, 9.17) is 9.84 Å². The Balaban J connectivity index is 3.30. The van der Waals surface area contributed by atoms with E-state index in [0.29, 0.717) is 13.2 Å². The van der Waals surface area contributed by atoms with Crippen LogP contribution >= 0.6 is 0 Å². The molecule has 0 rings (SSSR count). The molecule has 0 aromatic carbocycles. The summed E-state index contributed by atoms with van der Waals surface area (Å²) in [6, 6.07) is 0. The van der Waals surface area contributed by atoms with Gasteiger partial charge >= 0.3 is 0 Å². The number of nitrogens with zero attached hydrogens (tertiary/aromatic N) is 1. The topological polar surface area (TPSA) is 32.7 Å². The minimum atomic E-state index is 0.247. The maximum Gasteiger partial charge on any atom is 0.107 e. The Morgan fingerprint density at radius 3 is 2.47 bits per heavy atom. The number of aliphatic hydroxyl groups is 1. The van der Waals surface area contributed by atoms with Crippen molar-refractivity contribution < 1.29 is 9.84 Å². The van der Waals surface area contributed by atoms with Crippen LogP contribution in [-0.2, 0) is 4.74 Å². The van der Waals surface area contributed by atoms with E-state index in [0.717, 1.165) is 32.5 Å². The van der Waals surface area contributed by atoms with Crippen LogP contribution in [0.5, 0.6) is 0 Å². The maximum atomic E-state index is 8.53. The van der Waals surface area contributed by atoms with E-state index >= 15 is 0 Å².